The molecule has 4 rings (SSSR count). The Morgan fingerprint density at radius 1 is 1.12 bits per heavy atom. The average Bonchev–Trinajstić information content (AvgIpc) is 3.11. The molecule has 1 atom stereocenters. The quantitative estimate of drug-likeness (QED) is 0.718. The van der Waals surface area contributed by atoms with Gasteiger partial charge in [0.05, 0.1) is 14.1 Å². The Bertz CT molecular complexity index is 917. The standard InChI is InChI=1S/C15H14ClN6O2/c1-19-10-12(20(2)15(24)21(3)13(10)23)22-11(17-18-14(19)22)8-4-6-9(16)7-5-8/h4-7,10H,1-3H3/q+1. The van der Waals surface area contributed by atoms with Gasteiger partial charge in [0.15, 0.2) is 0 Å². The van der Waals surface area contributed by atoms with E-state index in [-0.39, 0.29) is 11.9 Å². The van der Waals surface area contributed by atoms with Crippen LogP contribution in [0.2, 0.25) is 5.02 Å². The van der Waals surface area contributed by atoms with Crippen molar-refractivity contribution < 1.29 is 14.2 Å². The molecule has 2 aliphatic heterocycles. The summed E-state index contributed by atoms with van der Waals surface area (Å²) in [5.41, 5.74) is 0.798. The zero-order valence-corrected chi connectivity index (χ0v) is 14.0. The van der Waals surface area contributed by atoms with Gasteiger partial charge in [0.1, 0.15) is 0 Å². The van der Waals surface area contributed by atoms with Crippen LogP contribution in [-0.4, -0.2) is 69.2 Å². The fraction of sp³-hybridized carbons (Fsp3) is 0.267. The minimum absolute atomic E-state index is 0.289. The van der Waals surface area contributed by atoms with E-state index in [1.807, 2.05) is 12.1 Å². The van der Waals surface area contributed by atoms with Gasteiger partial charge in [-0.05, 0) is 24.3 Å². The predicted octanol–water partition coefficient (Wildman–Crippen LogP) is 0.898. The highest BCUT2D eigenvalue weighted by Gasteiger charge is 2.54. The van der Waals surface area contributed by atoms with Crippen LogP contribution in [0, 0.1) is 0 Å². The second kappa shape index (κ2) is 4.88. The molecule has 122 valence electrons. The summed E-state index contributed by atoms with van der Waals surface area (Å²) in [7, 11) is 4.88. The molecule has 0 radical (unpaired) electrons. The number of halogens is 1. The van der Waals surface area contributed by atoms with Crippen molar-refractivity contribution in [3.05, 3.63) is 29.3 Å². The number of amides is 3. The number of carbonyl (C=O) groups excluding carboxylic acids is 2. The molecule has 0 N–H and O–H groups in total. The molecule has 0 bridgehead atoms. The average molecular weight is 346 g/mol. The van der Waals surface area contributed by atoms with Crippen LogP contribution in [-0.2, 0) is 4.79 Å². The molecule has 1 aromatic carbocycles. The van der Waals surface area contributed by atoms with E-state index < -0.39 is 6.04 Å². The molecule has 3 heterocycles. The molecule has 0 fully saturated rings. The fourth-order valence-electron chi connectivity index (χ4n) is 3.12. The van der Waals surface area contributed by atoms with Gasteiger partial charge in [-0.15, -0.1) is 5.10 Å². The SMILES string of the molecule is CN1C(=O)C2C(=[N+](C)C1=O)n1c(-c3ccc(Cl)cc3)nnc1N2C. The van der Waals surface area contributed by atoms with E-state index in [4.69, 9.17) is 11.6 Å². The lowest BCUT2D eigenvalue weighted by molar-refractivity contribution is -0.407. The molecular weight excluding hydrogens is 332 g/mol. The summed E-state index contributed by atoms with van der Waals surface area (Å²) in [6.45, 7) is 0. The first-order valence-corrected chi connectivity index (χ1v) is 7.66. The molecule has 2 aromatic rings. The van der Waals surface area contributed by atoms with Crippen LogP contribution >= 0.6 is 11.6 Å². The van der Waals surface area contributed by atoms with Gasteiger partial charge in [-0.2, -0.15) is 9.47 Å². The number of urea groups is 1. The van der Waals surface area contributed by atoms with Gasteiger partial charge in [-0.25, -0.2) is 9.37 Å². The molecule has 0 saturated carbocycles. The van der Waals surface area contributed by atoms with E-state index >= 15 is 0 Å². The Labute approximate surface area is 142 Å². The molecule has 9 heteroatoms. The van der Waals surface area contributed by atoms with E-state index in [0.717, 1.165) is 10.5 Å². The number of imide groups is 1. The van der Waals surface area contributed by atoms with Crippen molar-refractivity contribution in [2.75, 3.05) is 26.0 Å². The summed E-state index contributed by atoms with van der Waals surface area (Å²) in [5, 5.41) is 9.04. The van der Waals surface area contributed by atoms with Crippen molar-refractivity contribution in [2.45, 2.75) is 6.04 Å². The number of nitrogens with zero attached hydrogens (tertiary/aromatic N) is 6. The van der Waals surface area contributed by atoms with E-state index in [0.29, 0.717) is 22.6 Å². The summed E-state index contributed by atoms with van der Waals surface area (Å²) < 4.78 is 3.21. The van der Waals surface area contributed by atoms with E-state index in [1.165, 1.54) is 11.6 Å². The Morgan fingerprint density at radius 3 is 2.46 bits per heavy atom. The third-order valence-corrected chi connectivity index (χ3v) is 4.66. The number of hydrogen-bond acceptors (Lipinski definition) is 5. The first-order valence-electron chi connectivity index (χ1n) is 7.28. The summed E-state index contributed by atoms with van der Waals surface area (Å²) in [6, 6.07) is 6.18. The first kappa shape index (κ1) is 14.8. The van der Waals surface area contributed by atoms with Gasteiger partial charge in [0.25, 0.3) is 5.95 Å². The Morgan fingerprint density at radius 2 is 1.79 bits per heavy atom. The van der Waals surface area contributed by atoms with Crippen molar-refractivity contribution in [3.63, 3.8) is 0 Å². The van der Waals surface area contributed by atoms with Gasteiger partial charge in [-0.3, -0.25) is 4.79 Å². The topological polar surface area (TPSA) is 74.3 Å². The lowest BCUT2D eigenvalue weighted by Gasteiger charge is -2.24. The number of likely N-dealkylation sites (N-methyl/N-ethyl adjacent to an activating group) is 2. The maximum atomic E-state index is 12.6. The largest absolute Gasteiger partial charge is 0.445 e. The van der Waals surface area contributed by atoms with Crippen molar-refractivity contribution in [2.24, 2.45) is 0 Å². The zero-order valence-electron chi connectivity index (χ0n) is 13.3. The normalized spacial score (nSPS) is 19.9. The Kier molecular flexibility index (Phi) is 3.01. The monoisotopic (exact) mass is 345 g/mol. The van der Waals surface area contributed by atoms with Gasteiger partial charge in [-0.1, -0.05) is 16.7 Å². The lowest BCUT2D eigenvalue weighted by atomic mass is 10.1. The minimum atomic E-state index is -0.603. The highest BCUT2D eigenvalue weighted by Crippen LogP contribution is 2.32. The maximum absolute atomic E-state index is 12.6. The number of hydrogen-bond donors (Lipinski definition) is 0. The predicted molar refractivity (Wildman–Crippen MR) is 87.4 cm³/mol. The first-order chi connectivity index (χ1) is 11.4. The molecule has 1 unspecified atom stereocenters. The van der Waals surface area contributed by atoms with Crippen LogP contribution in [0.4, 0.5) is 10.7 Å². The van der Waals surface area contributed by atoms with Gasteiger partial charge >= 0.3 is 11.9 Å². The number of carbonyl (C=O) groups is 2. The number of fused-ring (bicyclic) bond motifs is 3. The zero-order chi connectivity index (χ0) is 17.2. The van der Waals surface area contributed by atoms with E-state index in [9.17, 15) is 9.59 Å². The molecule has 3 amide bonds. The third kappa shape index (κ3) is 1.77. The van der Waals surface area contributed by atoms with Crippen LogP contribution in [0.5, 0.6) is 0 Å². The second-order valence-corrected chi connectivity index (χ2v) is 6.21. The summed E-state index contributed by atoms with van der Waals surface area (Å²) in [5.74, 6) is 1.32. The molecule has 2 aliphatic rings. The van der Waals surface area contributed by atoms with Crippen molar-refractivity contribution >= 4 is 35.3 Å². The molecule has 0 aliphatic carbocycles. The fourth-order valence-corrected chi connectivity index (χ4v) is 3.25. The Hall–Kier alpha value is -2.74. The Balaban J connectivity index is 1.96. The summed E-state index contributed by atoms with van der Waals surface area (Å²) >= 11 is 5.94. The number of benzene rings is 1. The molecular formula is C15H14ClN6O2+. The smallest absolute Gasteiger partial charge is 0.308 e. The van der Waals surface area contributed by atoms with E-state index in [1.54, 1.807) is 35.7 Å². The number of rotatable bonds is 1. The van der Waals surface area contributed by atoms with Gasteiger partial charge in [0.2, 0.25) is 17.7 Å². The minimum Gasteiger partial charge on any atom is -0.308 e. The number of aromatic nitrogens is 3. The van der Waals surface area contributed by atoms with Crippen molar-refractivity contribution in [1.82, 2.24) is 19.7 Å². The number of anilines is 1. The highest BCUT2D eigenvalue weighted by molar-refractivity contribution is 6.30. The van der Waals surface area contributed by atoms with Crippen molar-refractivity contribution in [1.29, 1.82) is 0 Å². The van der Waals surface area contributed by atoms with Gasteiger partial charge in [0, 0.05) is 17.6 Å². The van der Waals surface area contributed by atoms with Crippen molar-refractivity contribution in [3.8, 4) is 11.4 Å². The maximum Gasteiger partial charge on any atom is 0.445 e. The highest BCUT2D eigenvalue weighted by atomic mass is 35.5. The van der Waals surface area contributed by atoms with Gasteiger partial charge < -0.3 is 4.90 Å². The van der Waals surface area contributed by atoms with Crippen LogP contribution < -0.4 is 4.90 Å². The summed E-state index contributed by atoms with van der Waals surface area (Å²) in [6.07, 6.45) is 0. The van der Waals surface area contributed by atoms with Crippen LogP contribution in [0.25, 0.3) is 11.4 Å². The molecule has 24 heavy (non-hydrogen) atoms. The molecule has 0 spiro atoms. The second-order valence-electron chi connectivity index (χ2n) is 5.78. The third-order valence-electron chi connectivity index (χ3n) is 4.41. The summed E-state index contributed by atoms with van der Waals surface area (Å²) in [4.78, 5) is 27.7. The molecule has 0 saturated heterocycles. The molecule has 8 nitrogen and oxygen atoms in total. The van der Waals surface area contributed by atoms with Crippen LogP contribution in [0.1, 0.15) is 0 Å². The van der Waals surface area contributed by atoms with Crippen LogP contribution in [0.15, 0.2) is 24.3 Å². The molecule has 1 aromatic heterocycles. The lowest BCUT2D eigenvalue weighted by Crippen LogP contribution is -2.59. The van der Waals surface area contributed by atoms with Crippen LogP contribution in [0.3, 0.4) is 0 Å². The van der Waals surface area contributed by atoms with E-state index in [2.05, 4.69) is 10.2 Å².